The highest BCUT2D eigenvalue weighted by atomic mass is 32.2. The molecule has 0 aliphatic heterocycles. The third kappa shape index (κ3) is 2.64. The summed E-state index contributed by atoms with van der Waals surface area (Å²) in [6, 6.07) is 0. The van der Waals surface area contributed by atoms with E-state index in [4.69, 9.17) is 0 Å². The molecule has 1 atom stereocenters. The minimum absolute atomic E-state index is 3.73. The lowest BCUT2D eigenvalue weighted by atomic mass is 10.7. The van der Waals surface area contributed by atoms with Crippen molar-refractivity contribution in [3.8, 4) is 0 Å². The van der Waals surface area contributed by atoms with E-state index in [2.05, 4.69) is 0 Å². The first-order chi connectivity index (χ1) is 3.85. The van der Waals surface area contributed by atoms with Gasteiger partial charge in [0, 0.05) is 0 Å². The molecule has 0 heterocycles. The van der Waals surface area contributed by atoms with Gasteiger partial charge in [-0.1, -0.05) is 0 Å². The Morgan fingerprint density at radius 1 is 1.22 bits per heavy atom. The van der Waals surface area contributed by atoms with Crippen molar-refractivity contribution in [3.63, 3.8) is 0 Å². The third-order valence-corrected chi connectivity index (χ3v) is 1.12. The van der Waals surface area contributed by atoms with Crippen molar-refractivity contribution in [3.05, 3.63) is 0 Å². The summed E-state index contributed by atoms with van der Waals surface area (Å²) in [6.45, 7) is 0. The average Bonchev–Trinajstić information content (AvgIpc) is 1.62. The van der Waals surface area contributed by atoms with E-state index in [0.29, 0.717) is 0 Å². The monoisotopic (exact) mass is 166 g/mol. The van der Waals surface area contributed by atoms with Gasteiger partial charge in [0.1, 0.15) is 0 Å². The van der Waals surface area contributed by atoms with Crippen LogP contribution in [0.25, 0.3) is 0 Å². The highest BCUT2D eigenvalue weighted by molar-refractivity contribution is 7.73. The molecule has 0 rings (SSSR count). The van der Waals surface area contributed by atoms with E-state index in [1.165, 1.54) is 0 Å². The van der Waals surface area contributed by atoms with E-state index in [1.807, 2.05) is 0 Å². The van der Waals surface area contributed by atoms with Gasteiger partial charge >= 0.3 is 6.18 Å². The Morgan fingerprint density at radius 2 is 1.56 bits per heavy atom. The van der Waals surface area contributed by atoms with E-state index >= 15 is 0 Å². The van der Waals surface area contributed by atoms with E-state index in [9.17, 15) is 26.0 Å². The maximum atomic E-state index is 11.3. The number of thiol groups is 1. The molecule has 7 heteroatoms. The Balaban J connectivity index is 4.22. The van der Waals surface area contributed by atoms with Crippen LogP contribution in [0.4, 0.5) is 17.6 Å². The Kier molecular flexibility index (Phi) is 2.41. The molecule has 0 aromatic carbocycles. The van der Waals surface area contributed by atoms with Gasteiger partial charge in [-0.25, -0.2) is 12.8 Å². The van der Waals surface area contributed by atoms with Gasteiger partial charge in [0.25, 0.3) is 5.50 Å². The molecule has 0 spiro atoms. The predicted molar refractivity (Wildman–Crippen MR) is 21.3 cm³/mol. The van der Waals surface area contributed by atoms with Crippen LogP contribution in [0.3, 0.4) is 0 Å². The molecule has 56 valence electrons. The van der Waals surface area contributed by atoms with Crippen LogP contribution in [0.1, 0.15) is 0 Å². The van der Waals surface area contributed by atoms with Crippen LogP contribution in [-0.2, 0) is 10.7 Å². The van der Waals surface area contributed by atoms with E-state index in [1.54, 1.807) is 0 Å². The highest BCUT2D eigenvalue weighted by Crippen LogP contribution is 2.22. The summed E-state index contributed by atoms with van der Waals surface area (Å²) in [5, 5.41) is 0. The van der Waals surface area contributed by atoms with Crippen LogP contribution in [0.2, 0.25) is 0 Å². The minimum atomic E-state index is -5.28. The zero-order valence-electron chi connectivity index (χ0n) is 3.85. The second kappa shape index (κ2) is 2.51. The lowest BCUT2D eigenvalue weighted by Gasteiger charge is -2.03. The first-order valence-corrected chi connectivity index (χ1v) is 2.94. The summed E-state index contributed by atoms with van der Waals surface area (Å²) in [5.74, 6) is 0. The maximum absolute atomic E-state index is 11.3. The largest absolute Gasteiger partial charge is 0.434 e. The van der Waals surface area contributed by atoms with Crippen LogP contribution < -0.4 is 0 Å². The molecule has 0 aromatic rings. The molecule has 0 aliphatic rings. The van der Waals surface area contributed by atoms with Crippen LogP contribution in [0.15, 0.2) is 0 Å². The Labute approximate surface area is 49.4 Å². The smallest absolute Gasteiger partial charge is 0.228 e. The van der Waals surface area contributed by atoms with E-state index in [0.717, 1.165) is 0 Å². The number of alkyl halides is 4. The molecule has 1 unspecified atom stereocenters. The van der Waals surface area contributed by atoms with Gasteiger partial charge in [-0.3, -0.25) is 0 Å². The summed E-state index contributed by atoms with van der Waals surface area (Å²) >= 11 is 0. The van der Waals surface area contributed by atoms with Gasteiger partial charge < -0.3 is 0 Å². The first kappa shape index (κ1) is 8.67. The average molecular weight is 166 g/mol. The van der Waals surface area contributed by atoms with Crippen LogP contribution in [0.5, 0.6) is 0 Å². The van der Waals surface area contributed by atoms with E-state index < -0.39 is 22.4 Å². The lowest BCUT2D eigenvalue weighted by Crippen LogP contribution is -2.25. The topological polar surface area (TPSA) is 34.1 Å². The number of rotatable bonds is 1. The van der Waals surface area contributed by atoms with Crippen LogP contribution in [-0.4, -0.2) is 20.1 Å². The predicted octanol–water partition coefficient (Wildman–Crippen LogP) is 0.456. The van der Waals surface area contributed by atoms with Gasteiger partial charge in [-0.15, -0.1) is 0 Å². The lowest BCUT2D eigenvalue weighted by molar-refractivity contribution is -0.155. The number of halogens is 4. The van der Waals surface area contributed by atoms with Crippen molar-refractivity contribution >= 4 is 10.7 Å². The Hall–Kier alpha value is -0.330. The van der Waals surface area contributed by atoms with Crippen molar-refractivity contribution < 1.29 is 26.0 Å². The fraction of sp³-hybridized carbons (Fsp3) is 1.00. The fourth-order valence-electron chi connectivity index (χ4n) is 0.120. The molecule has 0 saturated carbocycles. The van der Waals surface area contributed by atoms with Gasteiger partial charge in [0.15, 0.2) is 10.7 Å². The van der Waals surface area contributed by atoms with Crippen molar-refractivity contribution in [1.82, 2.24) is 0 Å². The van der Waals surface area contributed by atoms with Crippen molar-refractivity contribution in [2.45, 2.75) is 11.7 Å². The van der Waals surface area contributed by atoms with Crippen molar-refractivity contribution in [2.24, 2.45) is 0 Å². The maximum Gasteiger partial charge on any atom is 0.434 e. The molecule has 0 fully saturated rings. The standard InChI is InChI=1S/C2H2F4O2S/c3-1(9(7)8)2(4,5)6/h1,9H. The minimum Gasteiger partial charge on any atom is -0.228 e. The zero-order chi connectivity index (χ0) is 7.65. The number of hydrogen-bond donors (Lipinski definition) is 1. The molecule has 2 nitrogen and oxygen atoms in total. The van der Waals surface area contributed by atoms with Crippen molar-refractivity contribution in [1.29, 1.82) is 0 Å². The zero-order valence-corrected chi connectivity index (χ0v) is 4.75. The van der Waals surface area contributed by atoms with Crippen molar-refractivity contribution in [2.75, 3.05) is 0 Å². The molecule has 0 amide bonds. The quantitative estimate of drug-likeness (QED) is 0.453. The van der Waals surface area contributed by atoms with Crippen LogP contribution >= 0.6 is 0 Å². The normalized spacial score (nSPS) is 16.1. The summed E-state index contributed by atoms with van der Waals surface area (Å²) in [4.78, 5) is 0. The molecule has 0 saturated heterocycles. The molecule has 0 aromatic heterocycles. The number of hydrogen-bond acceptors (Lipinski definition) is 2. The molecule has 9 heavy (non-hydrogen) atoms. The molecule has 0 radical (unpaired) electrons. The highest BCUT2D eigenvalue weighted by Gasteiger charge is 2.42. The first-order valence-electron chi connectivity index (χ1n) is 1.70. The second-order valence-electron chi connectivity index (χ2n) is 1.16. The van der Waals surface area contributed by atoms with Gasteiger partial charge in [-0.2, -0.15) is 13.2 Å². The fourth-order valence-corrected chi connectivity index (χ4v) is 0.359. The van der Waals surface area contributed by atoms with Gasteiger partial charge in [0.05, 0.1) is 0 Å². The molecular formula is C2H2F4O2S. The SMILES string of the molecule is O=[SH](=O)C(F)C(F)(F)F. The Morgan fingerprint density at radius 3 is 1.56 bits per heavy atom. The molecule has 0 aliphatic carbocycles. The summed E-state index contributed by atoms with van der Waals surface area (Å²) in [6.07, 6.45) is -5.28. The Bertz CT molecular complexity index is 150. The second-order valence-corrected chi connectivity index (χ2v) is 2.19. The summed E-state index contributed by atoms with van der Waals surface area (Å²) < 4.78 is 62.7. The summed E-state index contributed by atoms with van der Waals surface area (Å²) in [5.41, 5.74) is -3.73. The van der Waals surface area contributed by atoms with Gasteiger partial charge in [0.2, 0.25) is 0 Å². The van der Waals surface area contributed by atoms with Crippen LogP contribution in [0, 0.1) is 0 Å². The van der Waals surface area contributed by atoms with E-state index in [-0.39, 0.29) is 0 Å². The summed E-state index contributed by atoms with van der Waals surface area (Å²) in [7, 11) is -4.04. The van der Waals surface area contributed by atoms with Gasteiger partial charge in [-0.05, 0) is 0 Å². The molecule has 0 N–H and O–H groups in total. The molecular weight excluding hydrogens is 164 g/mol. The molecule has 0 bridgehead atoms. The third-order valence-electron chi connectivity index (χ3n) is 0.455.